The molecule has 8 heteroatoms. The molecule has 1 aromatic heterocycles. The highest BCUT2D eigenvalue weighted by Crippen LogP contribution is 2.29. The Labute approximate surface area is 150 Å². The van der Waals surface area contributed by atoms with Gasteiger partial charge < -0.3 is 11.1 Å². The van der Waals surface area contributed by atoms with Crippen LogP contribution in [0.3, 0.4) is 0 Å². The quantitative estimate of drug-likeness (QED) is 0.859. The minimum absolute atomic E-state index is 0. The van der Waals surface area contributed by atoms with Gasteiger partial charge in [-0.15, -0.1) is 22.6 Å². The fraction of sp³-hybridized carbons (Fsp3) is 0.400. The van der Waals surface area contributed by atoms with Gasteiger partial charge >= 0.3 is 0 Å². The van der Waals surface area contributed by atoms with E-state index in [0.717, 1.165) is 36.3 Å². The zero-order chi connectivity index (χ0) is 15.5. The molecule has 2 unspecified atom stereocenters. The van der Waals surface area contributed by atoms with Crippen LogP contribution < -0.4 is 11.1 Å². The molecule has 0 bridgehead atoms. The third kappa shape index (κ3) is 4.64. The minimum Gasteiger partial charge on any atom is -0.328 e. The monoisotopic (exact) mass is 372 g/mol. The number of aromatic nitrogens is 2. The molecule has 2 atom stereocenters. The molecule has 2 aromatic rings. The first kappa shape index (κ1) is 18.1. The van der Waals surface area contributed by atoms with Gasteiger partial charge in [0, 0.05) is 22.5 Å². The normalized spacial score (nSPS) is 20.6. The molecule has 1 aliphatic rings. The van der Waals surface area contributed by atoms with Crippen molar-refractivity contribution in [1.29, 1.82) is 0 Å². The molecule has 0 radical (unpaired) electrons. The van der Waals surface area contributed by atoms with Crippen LogP contribution in [0.4, 0.5) is 5.13 Å². The number of nitrogens with zero attached hydrogens (tertiary/aromatic N) is 2. The van der Waals surface area contributed by atoms with Crippen molar-refractivity contribution in [3.8, 4) is 10.6 Å². The number of nitrogens with two attached hydrogens (primary N) is 1. The van der Waals surface area contributed by atoms with Crippen molar-refractivity contribution in [2.24, 2.45) is 11.7 Å². The SMILES string of the molecule is Cl.NC1CCCC(C(=O)Nc2nnc(-c3cccc(Cl)c3)s2)C1. The lowest BCUT2D eigenvalue weighted by Gasteiger charge is -2.25. The molecule has 1 fully saturated rings. The Balaban J connectivity index is 0.00000192. The van der Waals surface area contributed by atoms with Gasteiger partial charge in [0.05, 0.1) is 0 Å². The molecule has 124 valence electrons. The van der Waals surface area contributed by atoms with Crippen LogP contribution in [0.1, 0.15) is 25.7 Å². The Morgan fingerprint density at radius 2 is 2.17 bits per heavy atom. The van der Waals surface area contributed by atoms with E-state index >= 15 is 0 Å². The van der Waals surface area contributed by atoms with Crippen molar-refractivity contribution in [2.45, 2.75) is 31.7 Å². The number of carbonyl (C=O) groups is 1. The van der Waals surface area contributed by atoms with E-state index in [2.05, 4.69) is 15.5 Å². The second-order valence-corrected chi connectivity index (χ2v) is 6.95. The van der Waals surface area contributed by atoms with Crippen LogP contribution in [-0.4, -0.2) is 22.1 Å². The van der Waals surface area contributed by atoms with Crippen LogP contribution >= 0.6 is 35.3 Å². The van der Waals surface area contributed by atoms with Crippen molar-refractivity contribution in [2.75, 3.05) is 5.32 Å². The van der Waals surface area contributed by atoms with Crippen LogP contribution in [0, 0.1) is 5.92 Å². The summed E-state index contributed by atoms with van der Waals surface area (Å²) < 4.78 is 0. The number of rotatable bonds is 3. The van der Waals surface area contributed by atoms with Gasteiger partial charge in [0.15, 0.2) is 0 Å². The van der Waals surface area contributed by atoms with Gasteiger partial charge in [0.2, 0.25) is 11.0 Å². The van der Waals surface area contributed by atoms with E-state index in [0.29, 0.717) is 10.2 Å². The number of anilines is 1. The third-order valence-corrected chi connectivity index (χ3v) is 4.94. The van der Waals surface area contributed by atoms with Crippen LogP contribution in [0.5, 0.6) is 0 Å². The first-order chi connectivity index (χ1) is 10.6. The number of hydrogen-bond donors (Lipinski definition) is 2. The minimum atomic E-state index is -0.0257. The van der Waals surface area contributed by atoms with Crippen LogP contribution in [0.15, 0.2) is 24.3 Å². The number of halogens is 2. The van der Waals surface area contributed by atoms with Crippen LogP contribution in [-0.2, 0) is 4.79 Å². The van der Waals surface area contributed by atoms with E-state index < -0.39 is 0 Å². The van der Waals surface area contributed by atoms with Gasteiger partial charge in [-0.1, -0.05) is 41.5 Å². The van der Waals surface area contributed by atoms with Gasteiger partial charge in [-0.2, -0.15) is 0 Å². The smallest absolute Gasteiger partial charge is 0.229 e. The topological polar surface area (TPSA) is 80.9 Å². The summed E-state index contributed by atoms with van der Waals surface area (Å²) in [5.74, 6) is -0.0359. The summed E-state index contributed by atoms with van der Waals surface area (Å²) in [7, 11) is 0. The third-order valence-electron chi connectivity index (χ3n) is 3.81. The molecule has 1 aliphatic carbocycles. The Morgan fingerprint density at radius 3 is 2.91 bits per heavy atom. The van der Waals surface area contributed by atoms with E-state index in [4.69, 9.17) is 17.3 Å². The summed E-state index contributed by atoms with van der Waals surface area (Å²) in [5, 5.41) is 12.9. The maximum absolute atomic E-state index is 12.3. The van der Waals surface area contributed by atoms with Crippen LogP contribution in [0.2, 0.25) is 5.02 Å². The maximum atomic E-state index is 12.3. The second-order valence-electron chi connectivity index (χ2n) is 5.54. The number of hydrogen-bond acceptors (Lipinski definition) is 5. The largest absolute Gasteiger partial charge is 0.328 e. The molecule has 0 saturated heterocycles. The molecule has 23 heavy (non-hydrogen) atoms. The highest BCUT2D eigenvalue weighted by Gasteiger charge is 2.26. The fourth-order valence-electron chi connectivity index (χ4n) is 2.69. The highest BCUT2D eigenvalue weighted by atomic mass is 35.5. The molecule has 1 saturated carbocycles. The summed E-state index contributed by atoms with van der Waals surface area (Å²) in [6.07, 6.45) is 3.63. The number of amides is 1. The molecular formula is C15H18Cl2N4OS. The standard InChI is InChI=1S/C15H17ClN4OS.ClH/c16-11-5-1-4-10(7-11)14-19-20-15(22-14)18-13(21)9-3-2-6-12(17)8-9;/h1,4-5,7,9,12H,2-3,6,8,17H2,(H,18,20,21);1H. The Morgan fingerprint density at radius 1 is 1.35 bits per heavy atom. The molecule has 1 heterocycles. The van der Waals surface area contributed by atoms with E-state index in [1.165, 1.54) is 11.3 Å². The summed E-state index contributed by atoms with van der Waals surface area (Å²) in [6.45, 7) is 0. The van der Waals surface area contributed by atoms with E-state index in [9.17, 15) is 4.79 Å². The Kier molecular flexibility index (Phi) is 6.35. The highest BCUT2D eigenvalue weighted by molar-refractivity contribution is 7.18. The van der Waals surface area contributed by atoms with Gasteiger partial charge in [-0.05, 0) is 31.4 Å². The molecular weight excluding hydrogens is 355 g/mol. The van der Waals surface area contributed by atoms with Crippen molar-refractivity contribution in [1.82, 2.24) is 10.2 Å². The van der Waals surface area contributed by atoms with Crippen molar-refractivity contribution >= 4 is 46.4 Å². The predicted octanol–water partition coefficient (Wildman–Crippen LogP) is 3.74. The molecule has 3 N–H and O–H groups in total. The van der Waals surface area contributed by atoms with Crippen molar-refractivity contribution in [3.05, 3.63) is 29.3 Å². The van der Waals surface area contributed by atoms with Crippen molar-refractivity contribution < 1.29 is 4.79 Å². The zero-order valence-electron chi connectivity index (χ0n) is 12.4. The Bertz CT molecular complexity index is 679. The van der Waals surface area contributed by atoms with Crippen molar-refractivity contribution in [3.63, 3.8) is 0 Å². The number of benzene rings is 1. The van der Waals surface area contributed by atoms with E-state index in [1.54, 1.807) is 6.07 Å². The van der Waals surface area contributed by atoms with E-state index in [-0.39, 0.29) is 30.3 Å². The molecule has 0 spiro atoms. The summed E-state index contributed by atoms with van der Waals surface area (Å²) in [6, 6.07) is 7.54. The summed E-state index contributed by atoms with van der Waals surface area (Å²) in [4.78, 5) is 12.3. The first-order valence-electron chi connectivity index (χ1n) is 7.27. The number of carbonyl (C=O) groups excluding carboxylic acids is 1. The average Bonchev–Trinajstić information content (AvgIpc) is 2.96. The van der Waals surface area contributed by atoms with Gasteiger partial charge in [-0.25, -0.2) is 0 Å². The molecule has 1 aromatic carbocycles. The van der Waals surface area contributed by atoms with Gasteiger partial charge in [0.1, 0.15) is 5.01 Å². The lowest BCUT2D eigenvalue weighted by Crippen LogP contribution is -2.34. The fourth-order valence-corrected chi connectivity index (χ4v) is 3.62. The van der Waals surface area contributed by atoms with Gasteiger partial charge in [0.25, 0.3) is 0 Å². The predicted molar refractivity (Wildman–Crippen MR) is 96.2 cm³/mol. The van der Waals surface area contributed by atoms with E-state index in [1.807, 2.05) is 18.2 Å². The second kappa shape index (κ2) is 8.06. The number of nitrogens with one attached hydrogen (secondary N) is 1. The summed E-state index contributed by atoms with van der Waals surface area (Å²) in [5.41, 5.74) is 6.83. The maximum Gasteiger partial charge on any atom is 0.229 e. The lowest BCUT2D eigenvalue weighted by molar-refractivity contribution is -0.120. The lowest BCUT2D eigenvalue weighted by atomic mass is 9.86. The molecule has 0 aliphatic heterocycles. The average molecular weight is 373 g/mol. The molecule has 1 amide bonds. The van der Waals surface area contributed by atoms with Gasteiger partial charge in [-0.3, -0.25) is 4.79 Å². The Hall–Kier alpha value is -1.21. The molecule has 3 rings (SSSR count). The molecule has 5 nitrogen and oxygen atoms in total. The summed E-state index contributed by atoms with van der Waals surface area (Å²) >= 11 is 7.32. The zero-order valence-corrected chi connectivity index (χ0v) is 14.8. The first-order valence-corrected chi connectivity index (χ1v) is 8.47. The van der Waals surface area contributed by atoms with Crippen LogP contribution in [0.25, 0.3) is 10.6 Å².